The number of anilines is 3. The van der Waals surface area contributed by atoms with Gasteiger partial charge in [0.25, 0.3) is 0 Å². The number of hydrogen-bond acceptors (Lipinski definition) is 11. The highest BCUT2D eigenvalue weighted by Gasteiger charge is 2.37. The van der Waals surface area contributed by atoms with Crippen molar-refractivity contribution in [3.05, 3.63) is 105 Å². The average molecular weight is 1100 g/mol. The minimum atomic E-state index is -4.45. The Labute approximate surface area is 452 Å². The van der Waals surface area contributed by atoms with Crippen LogP contribution in [0.2, 0.25) is 5.02 Å². The highest BCUT2D eigenvalue weighted by atomic mass is 35.5. The zero-order valence-corrected chi connectivity index (χ0v) is 46.2. The van der Waals surface area contributed by atoms with Gasteiger partial charge in [-0.25, -0.2) is 0 Å². The number of piperazine rings is 1. The van der Waals surface area contributed by atoms with E-state index in [0.29, 0.717) is 73.5 Å². The fourth-order valence-corrected chi connectivity index (χ4v) is 13.0. The molecule has 3 aromatic carbocycles. The molecule has 0 aliphatic carbocycles. The molecule has 0 radical (unpaired) electrons. The van der Waals surface area contributed by atoms with Crippen molar-refractivity contribution in [3.63, 3.8) is 0 Å². The Bertz CT molecular complexity index is 3130. The summed E-state index contributed by atoms with van der Waals surface area (Å²) in [7, 11) is -2.39. The number of carbonyl (C=O) groups is 2. The summed E-state index contributed by atoms with van der Waals surface area (Å²) in [5.74, 6) is 6.30. The number of piperidine rings is 2. The molecule has 2 amide bonds. The largest absolute Gasteiger partial charge is 0.406 e. The zero-order valence-electron chi connectivity index (χ0n) is 43.7. The molecule has 0 spiro atoms. The lowest BCUT2D eigenvalue weighted by molar-refractivity contribution is -0.140. The summed E-state index contributed by atoms with van der Waals surface area (Å²) in [6, 6.07) is 21.4. The third-order valence-corrected chi connectivity index (χ3v) is 18.1. The van der Waals surface area contributed by atoms with Gasteiger partial charge in [0.1, 0.15) is 36.4 Å². The van der Waals surface area contributed by atoms with Crippen molar-refractivity contribution in [1.82, 2.24) is 24.2 Å². The number of hydrogen-bond donors (Lipinski definition) is 4. The molecule has 402 valence electrons. The van der Waals surface area contributed by atoms with Gasteiger partial charge in [-0.15, -0.1) is 11.3 Å². The third-order valence-electron chi connectivity index (χ3n) is 15.1. The van der Waals surface area contributed by atoms with E-state index in [2.05, 4.69) is 32.3 Å². The van der Waals surface area contributed by atoms with Crippen molar-refractivity contribution in [2.75, 3.05) is 94.3 Å². The highest BCUT2D eigenvalue weighted by Crippen LogP contribution is 2.41. The molecule has 6 heterocycles. The van der Waals surface area contributed by atoms with Crippen LogP contribution in [0, 0.1) is 36.5 Å². The topological polar surface area (TPSA) is 156 Å². The molecule has 3 saturated heterocycles. The van der Waals surface area contributed by atoms with Gasteiger partial charge in [-0.3, -0.25) is 40.1 Å². The number of alkyl halides is 3. The average Bonchev–Trinajstić information content (AvgIpc) is 3.84. The lowest BCUT2D eigenvalue weighted by Gasteiger charge is -2.43. The van der Waals surface area contributed by atoms with Gasteiger partial charge in [0.05, 0.1) is 36.4 Å². The second-order valence-corrected chi connectivity index (χ2v) is 25.6. The normalized spacial score (nSPS) is 18.5. The summed E-state index contributed by atoms with van der Waals surface area (Å²) in [5.41, 5.74) is 5.67. The lowest BCUT2D eigenvalue weighted by Crippen LogP contribution is -2.55. The molecule has 0 unspecified atom stereocenters. The summed E-state index contributed by atoms with van der Waals surface area (Å²) in [6.07, 6.45) is -1.18. The number of halogens is 4. The molecule has 4 N–H and O–H groups in total. The van der Waals surface area contributed by atoms with E-state index < -0.39 is 25.9 Å². The van der Waals surface area contributed by atoms with Crippen LogP contribution in [0.1, 0.15) is 66.3 Å². The van der Waals surface area contributed by atoms with Crippen LogP contribution in [-0.2, 0) is 20.7 Å². The van der Waals surface area contributed by atoms with Crippen LogP contribution in [0.5, 0.6) is 0 Å². The van der Waals surface area contributed by atoms with Crippen LogP contribution >= 0.6 is 30.1 Å². The fraction of sp³-hybridized carbons (Fsp3) is 0.446. The minimum absolute atomic E-state index is 0.0148. The molecule has 14 nitrogen and oxygen atoms in total. The quantitative estimate of drug-likeness (QED) is 0.0417. The first-order valence-corrected chi connectivity index (χ1v) is 29.7. The van der Waals surface area contributed by atoms with Gasteiger partial charge in [0.15, 0.2) is 0 Å². The molecule has 9 rings (SSSR count). The smallest absolute Gasteiger partial charge is 0.382 e. The molecule has 4 aliphatic heterocycles. The van der Waals surface area contributed by atoms with Gasteiger partial charge in [-0.2, -0.15) is 13.2 Å². The minimum Gasteiger partial charge on any atom is -0.382 e. The fourth-order valence-electron chi connectivity index (χ4n) is 10.8. The first kappa shape index (κ1) is 54.8. The monoisotopic (exact) mass is 1100 g/mol. The first-order chi connectivity index (χ1) is 36.2. The van der Waals surface area contributed by atoms with E-state index in [1.807, 2.05) is 66.1 Å². The second-order valence-electron chi connectivity index (χ2n) is 20.7. The van der Waals surface area contributed by atoms with Crippen molar-refractivity contribution in [1.29, 1.82) is 10.8 Å². The van der Waals surface area contributed by atoms with Crippen molar-refractivity contribution >= 4 is 91.9 Å². The van der Waals surface area contributed by atoms with E-state index in [1.165, 1.54) is 15.9 Å². The summed E-state index contributed by atoms with van der Waals surface area (Å²) in [5, 5.41) is 27.6. The van der Waals surface area contributed by atoms with E-state index in [1.54, 1.807) is 55.5 Å². The van der Waals surface area contributed by atoms with Crippen LogP contribution in [-0.4, -0.2) is 156 Å². The summed E-state index contributed by atoms with van der Waals surface area (Å²) in [6.45, 7) is 13.9. The maximum atomic E-state index is 14.0. The number of amides is 2. The molecule has 20 heteroatoms. The summed E-state index contributed by atoms with van der Waals surface area (Å²) < 4.78 is 55.3. The lowest BCUT2D eigenvalue weighted by atomic mass is 9.99. The van der Waals surface area contributed by atoms with Crippen LogP contribution in [0.4, 0.5) is 29.5 Å². The van der Waals surface area contributed by atoms with Gasteiger partial charge in [-0.1, -0.05) is 35.7 Å². The first-order valence-electron chi connectivity index (χ1n) is 25.9. The second kappa shape index (κ2) is 22.9. The van der Waals surface area contributed by atoms with Crippen molar-refractivity contribution in [2.45, 2.75) is 83.7 Å². The number of carbonyl (C=O) groups excluding carboxylic acids is 2. The summed E-state index contributed by atoms with van der Waals surface area (Å²) in [4.78, 5) is 44.0. The predicted molar refractivity (Wildman–Crippen MR) is 303 cm³/mol. The SMILES string of the molecule is CC(=N)N1C(=N)[C@H](CC(=O)N2CCN(C3CCN(C(=O)CN4CCC(Nc5cccc6c5cc(C#CCNc5ccc(P(C)(C)=O)cc5)n6CC(F)(F)F)CC4)CC3)CC2)N=C(c2ccc(Cl)cc2)c2c1sc(C)c2C. The van der Waals surface area contributed by atoms with Crippen LogP contribution in [0.15, 0.2) is 77.8 Å². The molecule has 5 aromatic rings. The maximum Gasteiger partial charge on any atom is 0.406 e. The Kier molecular flexibility index (Phi) is 16.5. The Balaban J connectivity index is 0.742. The molecule has 0 bridgehead atoms. The molecule has 3 fully saturated rings. The number of fused-ring (bicyclic) bond motifs is 2. The number of amidine groups is 2. The molecular formula is C56H66ClF3N11O3PS. The molecule has 0 saturated carbocycles. The molecule has 1 atom stereocenters. The number of nitrogens with one attached hydrogen (secondary N) is 4. The number of aryl methyl sites for hydroxylation is 1. The number of nitrogens with zero attached hydrogens (tertiary/aromatic N) is 7. The number of aliphatic imine (C=N–C) groups is 1. The highest BCUT2D eigenvalue weighted by molar-refractivity contribution is 7.70. The van der Waals surface area contributed by atoms with Gasteiger partial charge in [-0.05, 0) is 126 Å². The van der Waals surface area contributed by atoms with Crippen LogP contribution < -0.4 is 20.8 Å². The Morgan fingerprint density at radius 2 is 1.57 bits per heavy atom. The van der Waals surface area contributed by atoms with E-state index >= 15 is 0 Å². The van der Waals surface area contributed by atoms with Crippen molar-refractivity contribution in [3.8, 4) is 11.8 Å². The number of aromatic nitrogens is 1. The molecule has 4 aliphatic rings. The van der Waals surface area contributed by atoms with Crippen molar-refractivity contribution < 1.29 is 27.3 Å². The Morgan fingerprint density at radius 1 is 0.895 bits per heavy atom. The van der Waals surface area contributed by atoms with Gasteiger partial charge >= 0.3 is 6.18 Å². The molecular weight excluding hydrogens is 1030 g/mol. The Morgan fingerprint density at radius 3 is 2.21 bits per heavy atom. The molecule has 2 aromatic heterocycles. The number of rotatable bonds is 12. The van der Waals surface area contributed by atoms with Gasteiger partial charge in [0.2, 0.25) is 11.8 Å². The summed E-state index contributed by atoms with van der Waals surface area (Å²) >= 11 is 7.80. The van der Waals surface area contributed by atoms with Gasteiger partial charge in [0, 0.05) is 108 Å². The standard InChI is InChI=1S/C56H66ClF3N11O3PS/c1-36-37(2)76-55-52(36)53(39-11-13-40(57)14-12-39)65-48(54(62)71(55)38(3)61)33-50(72)69-30-28-67(29-31-69)43-21-26-68(27-22-43)51(73)34-66-24-19-42(20-25-66)64-47-9-6-10-49-46(47)32-44(70(49)35-56(58,59)60)8-7-23-63-41-15-17-45(18-16-41)75(4,5)74/h6,9-18,32,42-43,48,61-64H,19-31,33-35H2,1-5H3/t48-/m0/s1. The number of likely N-dealkylation sites (tertiary alicyclic amines) is 2. The molecule has 76 heavy (non-hydrogen) atoms. The Hall–Kier alpha value is -5.96. The van der Waals surface area contributed by atoms with Crippen molar-refractivity contribution in [2.24, 2.45) is 4.99 Å². The predicted octanol–water partition coefficient (Wildman–Crippen LogP) is 9.35. The number of thiophene rings is 1. The van der Waals surface area contributed by atoms with Crippen LogP contribution in [0.25, 0.3) is 10.9 Å². The van der Waals surface area contributed by atoms with E-state index in [9.17, 15) is 32.7 Å². The maximum absolute atomic E-state index is 14.0. The van der Waals surface area contributed by atoms with E-state index in [4.69, 9.17) is 22.0 Å². The zero-order chi connectivity index (χ0) is 54.1. The van der Waals surface area contributed by atoms with Crippen LogP contribution in [0.3, 0.4) is 0 Å². The third kappa shape index (κ3) is 12.6. The van der Waals surface area contributed by atoms with E-state index in [-0.39, 0.29) is 48.2 Å². The van der Waals surface area contributed by atoms with Gasteiger partial charge < -0.3 is 29.6 Å². The van der Waals surface area contributed by atoms with E-state index in [0.717, 1.165) is 82.0 Å². The number of benzene rings is 3.